The highest BCUT2D eigenvalue weighted by molar-refractivity contribution is 7.98. The summed E-state index contributed by atoms with van der Waals surface area (Å²) in [7, 11) is 0. The molecule has 0 aliphatic rings. The average Bonchev–Trinajstić information content (AvgIpc) is 3.10. The van der Waals surface area contributed by atoms with Crippen LogP contribution in [0.2, 0.25) is 0 Å². The van der Waals surface area contributed by atoms with Gasteiger partial charge >= 0.3 is 0 Å². The first-order valence-electron chi connectivity index (χ1n) is 7.97. The predicted molar refractivity (Wildman–Crippen MR) is 99.9 cm³/mol. The molecule has 25 heavy (non-hydrogen) atoms. The van der Waals surface area contributed by atoms with Crippen LogP contribution in [0.1, 0.15) is 21.5 Å². The van der Waals surface area contributed by atoms with Crippen molar-refractivity contribution in [3.63, 3.8) is 0 Å². The lowest BCUT2D eigenvalue weighted by atomic mass is 10.0. The van der Waals surface area contributed by atoms with E-state index in [2.05, 4.69) is 4.98 Å². The van der Waals surface area contributed by atoms with Gasteiger partial charge in [-0.25, -0.2) is 4.98 Å². The van der Waals surface area contributed by atoms with Crippen LogP contribution in [-0.2, 0) is 5.75 Å². The van der Waals surface area contributed by atoms with Crippen LogP contribution < -0.4 is 0 Å². The maximum atomic E-state index is 12.4. The van der Waals surface area contributed by atoms with E-state index in [1.165, 1.54) is 0 Å². The highest BCUT2D eigenvalue weighted by Crippen LogP contribution is 2.26. The third-order valence-corrected chi connectivity index (χ3v) is 4.79. The Kier molecular flexibility index (Phi) is 4.36. The van der Waals surface area contributed by atoms with E-state index in [0.717, 1.165) is 22.4 Å². The average molecular weight is 345 g/mol. The van der Waals surface area contributed by atoms with Gasteiger partial charge in [-0.1, -0.05) is 78.5 Å². The van der Waals surface area contributed by atoms with Crippen molar-refractivity contribution >= 4 is 28.6 Å². The zero-order chi connectivity index (χ0) is 17.1. The quantitative estimate of drug-likeness (QED) is 0.361. The minimum absolute atomic E-state index is 0.0405. The number of nitrogens with zero attached hydrogens (tertiary/aromatic N) is 1. The molecule has 1 aromatic heterocycles. The van der Waals surface area contributed by atoms with Gasteiger partial charge in [-0.2, -0.15) is 0 Å². The van der Waals surface area contributed by atoms with Crippen molar-refractivity contribution in [3.8, 4) is 0 Å². The lowest BCUT2D eigenvalue weighted by molar-refractivity contribution is 0.103. The third-order valence-electron chi connectivity index (χ3n) is 3.89. The molecule has 0 atom stereocenters. The lowest BCUT2D eigenvalue weighted by Gasteiger charge is -2.03. The van der Waals surface area contributed by atoms with E-state index >= 15 is 0 Å². The van der Waals surface area contributed by atoms with Crippen LogP contribution >= 0.6 is 11.8 Å². The number of aromatic nitrogens is 1. The number of hydrogen-bond donors (Lipinski definition) is 0. The lowest BCUT2D eigenvalue weighted by Crippen LogP contribution is -2.00. The Morgan fingerprint density at radius 3 is 2.28 bits per heavy atom. The van der Waals surface area contributed by atoms with Crippen LogP contribution in [-0.4, -0.2) is 10.8 Å². The van der Waals surface area contributed by atoms with Gasteiger partial charge < -0.3 is 4.42 Å². The summed E-state index contributed by atoms with van der Waals surface area (Å²) in [6.45, 7) is 0. The fourth-order valence-corrected chi connectivity index (χ4v) is 3.36. The van der Waals surface area contributed by atoms with Crippen molar-refractivity contribution in [2.75, 3.05) is 0 Å². The van der Waals surface area contributed by atoms with Crippen LogP contribution in [0.4, 0.5) is 0 Å². The Balaban J connectivity index is 1.44. The Hall–Kier alpha value is -2.85. The number of fused-ring (bicyclic) bond motifs is 1. The number of rotatable bonds is 5. The van der Waals surface area contributed by atoms with E-state index in [4.69, 9.17) is 4.42 Å². The van der Waals surface area contributed by atoms with Crippen molar-refractivity contribution in [2.24, 2.45) is 0 Å². The van der Waals surface area contributed by atoms with Crippen molar-refractivity contribution in [1.82, 2.24) is 4.98 Å². The number of benzene rings is 3. The molecule has 0 amide bonds. The number of ketones is 1. The summed E-state index contributed by atoms with van der Waals surface area (Å²) in [5.41, 5.74) is 4.19. The number of hydrogen-bond acceptors (Lipinski definition) is 4. The van der Waals surface area contributed by atoms with Gasteiger partial charge in [-0.3, -0.25) is 4.79 Å². The molecule has 0 fully saturated rings. The fraction of sp³-hybridized carbons (Fsp3) is 0.0476. The van der Waals surface area contributed by atoms with Gasteiger partial charge in [-0.15, -0.1) is 0 Å². The van der Waals surface area contributed by atoms with Crippen LogP contribution in [0.3, 0.4) is 0 Å². The highest BCUT2D eigenvalue weighted by Gasteiger charge is 2.09. The Bertz CT molecular complexity index is 974. The summed E-state index contributed by atoms with van der Waals surface area (Å²) in [4.78, 5) is 16.9. The van der Waals surface area contributed by atoms with Crippen LogP contribution in [0.5, 0.6) is 0 Å². The molecule has 0 N–H and O–H groups in total. The monoisotopic (exact) mass is 345 g/mol. The molecular weight excluding hydrogens is 330 g/mol. The molecule has 3 nitrogen and oxygen atoms in total. The SMILES string of the molecule is O=C(c1ccccc1)c1ccc(CSc2nc3ccccc3o2)cc1. The smallest absolute Gasteiger partial charge is 0.257 e. The highest BCUT2D eigenvalue weighted by atomic mass is 32.2. The second kappa shape index (κ2) is 6.95. The van der Waals surface area contributed by atoms with Crippen LogP contribution in [0.25, 0.3) is 11.1 Å². The second-order valence-electron chi connectivity index (χ2n) is 5.63. The van der Waals surface area contributed by atoms with Crippen LogP contribution in [0, 0.1) is 0 Å². The maximum Gasteiger partial charge on any atom is 0.257 e. The predicted octanol–water partition coefficient (Wildman–Crippen LogP) is 5.35. The molecular formula is C21H15NO2S. The van der Waals surface area contributed by atoms with E-state index < -0.39 is 0 Å². The van der Waals surface area contributed by atoms with Crippen molar-refractivity contribution in [2.45, 2.75) is 11.0 Å². The summed E-state index contributed by atoms with van der Waals surface area (Å²) in [6.07, 6.45) is 0. The van der Waals surface area contributed by atoms with Gasteiger partial charge in [0.2, 0.25) is 0 Å². The van der Waals surface area contributed by atoms with Crippen molar-refractivity contribution in [3.05, 3.63) is 95.6 Å². The first-order valence-corrected chi connectivity index (χ1v) is 8.95. The topological polar surface area (TPSA) is 43.1 Å². The normalized spacial score (nSPS) is 10.9. The molecule has 0 aliphatic heterocycles. The molecule has 122 valence electrons. The molecule has 4 aromatic rings. The molecule has 0 bridgehead atoms. The third kappa shape index (κ3) is 3.49. The van der Waals surface area contributed by atoms with Crippen LogP contribution in [0.15, 0.2) is 88.5 Å². The molecule has 4 heteroatoms. The van der Waals surface area contributed by atoms with E-state index in [0.29, 0.717) is 16.3 Å². The summed E-state index contributed by atoms with van der Waals surface area (Å²) < 4.78 is 5.71. The minimum Gasteiger partial charge on any atom is -0.431 e. The molecule has 3 aromatic carbocycles. The molecule has 0 radical (unpaired) electrons. The number of oxazole rings is 1. The van der Waals surface area contributed by atoms with Crippen molar-refractivity contribution < 1.29 is 9.21 Å². The molecule has 0 aliphatic carbocycles. The molecule has 4 rings (SSSR count). The summed E-state index contributed by atoms with van der Waals surface area (Å²) in [5, 5.41) is 0.658. The number of carbonyl (C=O) groups is 1. The first kappa shape index (κ1) is 15.7. The Labute approximate surface area is 149 Å². The first-order chi connectivity index (χ1) is 12.3. The van der Waals surface area contributed by atoms with E-state index in [1.54, 1.807) is 11.8 Å². The van der Waals surface area contributed by atoms with E-state index in [1.807, 2.05) is 78.9 Å². The van der Waals surface area contributed by atoms with E-state index in [9.17, 15) is 4.79 Å². The van der Waals surface area contributed by atoms with Gasteiger partial charge in [0, 0.05) is 16.9 Å². The largest absolute Gasteiger partial charge is 0.431 e. The zero-order valence-corrected chi connectivity index (χ0v) is 14.2. The van der Waals surface area contributed by atoms with Gasteiger partial charge in [0.1, 0.15) is 5.52 Å². The Morgan fingerprint density at radius 1 is 0.840 bits per heavy atom. The van der Waals surface area contributed by atoms with Gasteiger partial charge in [0.05, 0.1) is 0 Å². The number of thioether (sulfide) groups is 1. The van der Waals surface area contributed by atoms with E-state index in [-0.39, 0.29) is 5.78 Å². The minimum atomic E-state index is 0.0405. The standard InChI is InChI=1S/C21H15NO2S/c23-20(16-6-2-1-3-7-16)17-12-10-15(11-13-17)14-25-21-22-18-8-4-5-9-19(18)24-21/h1-13H,14H2. The molecule has 0 saturated carbocycles. The zero-order valence-electron chi connectivity index (χ0n) is 13.4. The maximum absolute atomic E-state index is 12.4. The number of carbonyl (C=O) groups excluding carboxylic acids is 1. The number of para-hydroxylation sites is 2. The Morgan fingerprint density at radius 2 is 1.52 bits per heavy atom. The molecule has 1 heterocycles. The summed E-state index contributed by atoms with van der Waals surface area (Å²) >= 11 is 1.55. The second-order valence-corrected chi connectivity index (χ2v) is 6.55. The van der Waals surface area contributed by atoms with Crippen molar-refractivity contribution in [1.29, 1.82) is 0 Å². The summed E-state index contributed by atoms with van der Waals surface area (Å²) in [6, 6.07) is 24.8. The van der Waals surface area contributed by atoms with Gasteiger partial charge in [0.25, 0.3) is 5.22 Å². The molecule has 0 spiro atoms. The van der Waals surface area contributed by atoms with Gasteiger partial charge in [0.15, 0.2) is 11.4 Å². The van der Waals surface area contributed by atoms with Gasteiger partial charge in [-0.05, 0) is 17.7 Å². The molecule has 0 saturated heterocycles. The fourth-order valence-electron chi connectivity index (χ4n) is 2.57. The molecule has 0 unspecified atom stereocenters. The summed E-state index contributed by atoms with van der Waals surface area (Å²) in [5.74, 6) is 0.783.